The molecule has 0 amide bonds. The van der Waals surface area contributed by atoms with Gasteiger partial charge in [-0.3, -0.25) is 0 Å². The van der Waals surface area contributed by atoms with Crippen molar-refractivity contribution in [3.8, 4) is 0 Å². The van der Waals surface area contributed by atoms with E-state index in [0.29, 0.717) is 0 Å². The van der Waals surface area contributed by atoms with Crippen LogP contribution in [-0.2, 0) is 0 Å². The van der Waals surface area contributed by atoms with Crippen LogP contribution in [0.2, 0.25) is 0 Å². The number of rotatable bonds is 1. The van der Waals surface area contributed by atoms with Crippen molar-refractivity contribution < 1.29 is 0 Å². The average Bonchev–Trinajstić information content (AvgIpc) is 2.99. The smallest absolute Gasteiger partial charge is 0.0439 e. The normalized spacial score (nSPS) is 12.3. The molecule has 0 atom stereocenters. The van der Waals surface area contributed by atoms with E-state index in [1.54, 1.807) is 0 Å². The molecule has 0 radical (unpaired) electrons. The third-order valence-corrected chi connectivity index (χ3v) is 6.73. The van der Waals surface area contributed by atoms with E-state index in [1.807, 2.05) is 11.3 Å². The van der Waals surface area contributed by atoms with Gasteiger partial charge in [0.15, 0.2) is 0 Å². The van der Waals surface area contributed by atoms with Gasteiger partial charge in [0.25, 0.3) is 0 Å². The second kappa shape index (κ2) is 5.69. The summed E-state index contributed by atoms with van der Waals surface area (Å²) in [4.78, 5) is 1.37. The molecule has 1 heteroatoms. The Morgan fingerprint density at radius 3 is 1.96 bits per heavy atom. The van der Waals surface area contributed by atoms with E-state index in [1.165, 1.54) is 58.4 Å². The SMILES string of the molecule is C/C=C\c1sc2c(c(C)cc3c4ccccc4c4ccccc4c32)c1C. The van der Waals surface area contributed by atoms with Crippen LogP contribution in [0.4, 0.5) is 0 Å². The Morgan fingerprint density at radius 1 is 0.731 bits per heavy atom. The Balaban J connectivity index is 2.16. The monoisotopic (exact) mass is 352 g/mol. The zero-order chi connectivity index (χ0) is 17.8. The standard InChI is InChI=1S/C25H20S/c1-4-9-22-16(3)23-15(2)14-21-19-12-6-5-10-17(19)18-11-7-8-13-20(18)24(21)25(23)26-22/h4-14H,1-3H3/b9-4-. The number of hydrogen-bond donors (Lipinski definition) is 0. The third-order valence-electron chi connectivity index (χ3n) is 5.46. The molecule has 0 saturated heterocycles. The van der Waals surface area contributed by atoms with E-state index < -0.39 is 0 Å². The molecule has 0 N–H and O–H groups in total. The molecule has 26 heavy (non-hydrogen) atoms. The van der Waals surface area contributed by atoms with Crippen molar-refractivity contribution in [3.05, 3.63) is 76.7 Å². The Bertz CT molecular complexity index is 1350. The summed E-state index contributed by atoms with van der Waals surface area (Å²) in [7, 11) is 0. The molecule has 0 aliphatic heterocycles. The van der Waals surface area contributed by atoms with E-state index >= 15 is 0 Å². The molecule has 0 fully saturated rings. The average molecular weight is 353 g/mol. The van der Waals surface area contributed by atoms with Crippen LogP contribution in [0.5, 0.6) is 0 Å². The minimum atomic E-state index is 1.34. The molecule has 0 saturated carbocycles. The van der Waals surface area contributed by atoms with E-state index in [0.717, 1.165) is 0 Å². The highest BCUT2D eigenvalue weighted by molar-refractivity contribution is 7.21. The van der Waals surface area contributed by atoms with Gasteiger partial charge in [-0.2, -0.15) is 0 Å². The van der Waals surface area contributed by atoms with Crippen molar-refractivity contribution in [2.45, 2.75) is 20.8 Å². The second-order valence-electron chi connectivity index (χ2n) is 7.00. The lowest BCUT2D eigenvalue weighted by molar-refractivity contribution is 1.51. The molecule has 1 aromatic heterocycles. The molecule has 0 unspecified atom stereocenters. The van der Waals surface area contributed by atoms with Gasteiger partial charge in [-0.05, 0) is 70.3 Å². The number of hydrogen-bond acceptors (Lipinski definition) is 1. The summed E-state index contributed by atoms with van der Waals surface area (Å²) < 4.78 is 1.42. The fraction of sp³-hybridized carbons (Fsp3) is 0.120. The van der Waals surface area contributed by atoms with Crippen molar-refractivity contribution in [2.24, 2.45) is 0 Å². The van der Waals surface area contributed by atoms with Crippen LogP contribution < -0.4 is 0 Å². The number of allylic oxidation sites excluding steroid dienone is 1. The van der Waals surface area contributed by atoms with E-state index in [9.17, 15) is 0 Å². The van der Waals surface area contributed by atoms with Crippen LogP contribution in [0.15, 0.2) is 60.7 Å². The summed E-state index contributed by atoms with van der Waals surface area (Å²) in [5, 5.41) is 9.61. The van der Waals surface area contributed by atoms with Gasteiger partial charge >= 0.3 is 0 Å². The van der Waals surface area contributed by atoms with Crippen LogP contribution in [0, 0.1) is 13.8 Å². The van der Waals surface area contributed by atoms with Gasteiger partial charge in [0.1, 0.15) is 0 Å². The number of benzene rings is 4. The molecule has 0 spiro atoms. The van der Waals surface area contributed by atoms with Crippen LogP contribution in [0.25, 0.3) is 48.5 Å². The Morgan fingerprint density at radius 2 is 1.31 bits per heavy atom. The van der Waals surface area contributed by atoms with Crippen molar-refractivity contribution in [2.75, 3.05) is 0 Å². The van der Waals surface area contributed by atoms with Gasteiger partial charge in [0, 0.05) is 15.0 Å². The topological polar surface area (TPSA) is 0 Å². The molecule has 1 heterocycles. The van der Waals surface area contributed by atoms with Crippen LogP contribution in [0.3, 0.4) is 0 Å². The van der Waals surface area contributed by atoms with Crippen LogP contribution in [-0.4, -0.2) is 0 Å². The fourth-order valence-corrected chi connectivity index (χ4v) is 5.76. The quantitative estimate of drug-likeness (QED) is 0.268. The summed E-state index contributed by atoms with van der Waals surface area (Å²) in [6.45, 7) is 6.61. The lowest BCUT2D eigenvalue weighted by Crippen LogP contribution is -1.86. The van der Waals surface area contributed by atoms with Gasteiger partial charge in [-0.25, -0.2) is 0 Å². The second-order valence-corrected chi connectivity index (χ2v) is 8.05. The maximum atomic E-state index is 2.39. The third kappa shape index (κ3) is 2.01. The van der Waals surface area contributed by atoms with Gasteiger partial charge in [-0.15, -0.1) is 11.3 Å². The highest BCUT2D eigenvalue weighted by Crippen LogP contribution is 2.44. The minimum absolute atomic E-state index is 1.34. The summed E-state index contributed by atoms with van der Waals surface area (Å²) >= 11 is 1.93. The molecule has 0 aliphatic rings. The number of fused-ring (bicyclic) bond motifs is 8. The molecular weight excluding hydrogens is 332 g/mol. The predicted molar refractivity (Wildman–Crippen MR) is 119 cm³/mol. The first kappa shape index (κ1) is 15.6. The van der Waals surface area contributed by atoms with Crippen molar-refractivity contribution in [3.63, 3.8) is 0 Å². The number of aryl methyl sites for hydroxylation is 2. The first-order chi connectivity index (χ1) is 12.7. The van der Waals surface area contributed by atoms with Crippen LogP contribution in [0.1, 0.15) is 22.9 Å². The lowest BCUT2D eigenvalue weighted by atomic mass is 9.91. The predicted octanol–water partition coefficient (Wildman–Crippen LogP) is 8.01. The van der Waals surface area contributed by atoms with Gasteiger partial charge in [0.05, 0.1) is 0 Å². The first-order valence-electron chi connectivity index (χ1n) is 9.09. The van der Waals surface area contributed by atoms with Crippen molar-refractivity contribution in [1.29, 1.82) is 0 Å². The zero-order valence-electron chi connectivity index (χ0n) is 15.3. The Hall–Kier alpha value is -2.64. The maximum absolute atomic E-state index is 2.39. The van der Waals surface area contributed by atoms with Gasteiger partial charge in [0.2, 0.25) is 0 Å². The molecule has 126 valence electrons. The Kier molecular flexibility index (Phi) is 3.41. The Labute approximate surface area is 157 Å². The molecule has 5 aromatic rings. The first-order valence-corrected chi connectivity index (χ1v) is 9.91. The highest BCUT2D eigenvalue weighted by atomic mass is 32.1. The summed E-state index contributed by atoms with van der Waals surface area (Å²) in [5.41, 5.74) is 2.78. The molecule has 0 bridgehead atoms. The largest absolute Gasteiger partial charge is 0.135 e. The molecule has 5 rings (SSSR count). The summed E-state index contributed by atoms with van der Waals surface area (Å²) in [6.07, 6.45) is 4.39. The van der Waals surface area contributed by atoms with Crippen molar-refractivity contribution >= 4 is 59.8 Å². The minimum Gasteiger partial charge on any atom is -0.135 e. The van der Waals surface area contributed by atoms with E-state index in [-0.39, 0.29) is 0 Å². The highest BCUT2D eigenvalue weighted by Gasteiger charge is 2.16. The maximum Gasteiger partial charge on any atom is 0.0439 e. The van der Waals surface area contributed by atoms with E-state index in [2.05, 4.69) is 87.5 Å². The summed E-state index contributed by atoms with van der Waals surface area (Å²) in [6, 6.07) is 20.1. The lowest BCUT2D eigenvalue weighted by Gasteiger charge is -2.12. The van der Waals surface area contributed by atoms with Gasteiger partial charge < -0.3 is 0 Å². The fourth-order valence-electron chi connectivity index (χ4n) is 4.34. The molecular formula is C25H20S. The molecule has 4 aromatic carbocycles. The molecule has 0 nitrogen and oxygen atoms in total. The zero-order valence-corrected chi connectivity index (χ0v) is 16.1. The van der Waals surface area contributed by atoms with Crippen molar-refractivity contribution in [1.82, 2.24) is 0 Å². The summed E-state index contributed by atoms with van der Waals surface area (Å²) in [5.74, 6) is 0. The number of thiophene rings is 1. The van der Waals surface area contributed by atoms with Gasteiger partial charge in [-0.1, -0.05) is 60.7 Å². The van der Waals surface area contributed by atoms with E-state index in [4.69, 9.17) is 0 Å². The molecule has 0 aliphatic carbocycles. The van der Waals surface area contributed by atoms with Crippen LogP contribution >= 0.6 is 11.3 Å².